The van der Waals surface area contributed by atoms with Crippen molar-refractivity contribution in [2.24, 2.45) is 5.92 Å². The van der Waals surface area contributed by atoms with E-state index in [4.69, 9.17) is 0 Å². The molecule has 21 heavy (non-hydrogen) atoms. The van der Waals surface area contributed by atoms with Crippen LogP contribution in [0.3, 0.4) is 0 Å². The Balaban J connectivity index is 1.89. The van der Waals surface area contributed by atoms with Gasteiger partial charge in [0, 0.05) is 30.6 Å². The third-order valence-corrected chi connectivity index (χ3v) is 4.38. The van der Waals surface area contributed by atoms with Crippen molar-refractivity contribution in [2.75, 3.05) is 19.7 Å². The van der Waals surface area contributed by atoms with Gasteiger partial charge in [-0.3, -0.25) is 4.79 Å². The predicted octanol–water partition coefficient (Wildman–Crippen LogP) is 2.63. The normalized spacial score (nSPS) is 19.2. The minimum atomic E-state index is 0.0430. The second kappa shape index (κ2) is 5.53. The molecule has 112 valence electrons. The summed E-state index contributed by atoms with van der Waals surface area (Å²) in [6, 6.07) is 6.16. The number of nitrogens with one attached hydrogen (secondary N) is 1. The summed E-state index contributed by atoms with van der Waals surface area (Å²) in [6.07, 6.45) is 1.97. The number of amides is 1. The lowest BCUT2D eigenvalue weighted by Crippen LogP contribution is -2.41. The molecule has 4 heteroatoms. The molecule has 1 aliphatic heterocycles. The maximum atomic E-state index is 12.6. The molecule has 1 aromatic heterocycles. The minimum absolute atomic E-state index is 0.0430. The zero-order chi connectivity index (χ0) is 15.0. The molecule has 3 rings (SSSR count). The summed E-state index contributed by atoms with van der Waals surface area (Å²) in [5, 5.41) is 10.4. The fourth-order valence-electron chi connectivity index (χ4n) is 3.28. The summed E-state index contributed by atoms with van der Waals surface area (Å²) in [4.78, 5) is 17.8. The standard InChI is InChI=1S/C17H22N2O2/c1-11-6-12(2)14-8-16(18-15(14)7-11)17(21)19-5-3-4-13(9-19)10-20/h6-8,13,18,20H,3-5,9-10H2,1-2H3. The van der Waals surface area contributed by atoms with Gasteiger partial charge in [-0.1, -0.05) is 6.07 Å². The van der Waals surface area contributed by atoms with E-state index in [1.165, 1.54) is 11.1 Å². The minimum Gasteiger partial charge on any atom is -0.396 e. The molecule has 1 aromatic carbocycles. The van der Waals surface area contributed by atoms with E-state index >= 15 is 0 Å². The number of fused-ring (bicyclic) bond motifs is 1. The zero-order valence-corrected chi connectivity index (χ0v) is 12.6. The third kappa shape index (κ3) is 2.68. The van der Waals surface area contributed by atoms with Crippen LogP contribution in [0.5, 0.6) is 0 Å². The van der Waals surface area contributed by atoms with Gasteiger partial charge in [-0.15, -0.1) is 0 Å². The van der Waals surface area contributed by atoms with Crippen LogP contribution >= 0.6 is 0 Å². The number of aryl methyl sites for hydroxylation is 2. The number of hydrogen-bond acceptors (Lipinski definition) is 2. The Hall–Kier alpha value is -1.81. The molecule has 0 bridgehead atoms. The summed E-state index contributed by atoms with van der Waals surface area (Å²) < 4.78 is 0. The fraction of sp³-hybridized carbons (Fsp3) is 0.471. The molecule has 2 N–H and O–H groups in total. The largest absolute Gasteiger partial charge is 0.396 e. The number of aliphatic hydroxyl groups excluding tert-OH is 1. The zero-order valence-electron chi connectivity index (χ0n) is 12.6. The highest BCUT2D eigenvalue weighted by molar-refractivity contribution is 5.99. The van der Waals surface area contributed by atoms with Gasteiger partial charge in [0.2, 0.25) is 0 Å². The molecule has 4 nitrogen and oxygen atoms in total. The number of carbonyl (C=O) groups excluding carboxylic acids is 1. The SMILES string of the molecule is Cc1cc(C)c2cc(C(=O)N3CCCC(CO)C3)[nH]c2c1. The number of rotatable bonds is 2. The highest BCUT2D eigenvalue weighted by Gasteiger charge is 2.25. The molecule has 1 unspecified atom stereocenters. The second-order valence-corrected chi connectivity index (χ2v) is 6.17. The lowest BCUT2D eigenvalue weighted by atomic mass is 9.99. The highest BCUT2D eigenvalue weighted by Crippen LogP contribution is 2.24. The van der Waals surface area contributed by atoms with Crippen LogP contribution in [0.25, 0.3) is 10.9 Å². The molecule has 0 radical (unpaired) electrons. The van der Waals surface area contributed by atoms with E-state index < -0.39 is 0 Å². The molecule has 2 heterocycles. The first-order chi connectivity index (χ1) is 10.1. The summed E-state index contributed by atoms with van der Waals surface area (Å²) in [7, 11) is 0. The Kier molecular flexibility index (Phi) is 3.72. The molecule has 0 aliphatic carbocycles. The van der Waals surface area contributed by atoms with Crippen LogP contribution in [0.2, 0.25) is 0 Å². The number of benzene rings is 1. The summed E-state index contributed by atoms with van der Waals surface area (Å²) in [6.45, 7) is 5.73. The number of piperidine rings is 1. The van der Waals surface area contributed by atoms with E-state index in [1.807, 2.05) is 11.0 Å². The molecular weight excluding hydrogens is 264 g/mol. The van der Waals surface area contributed by atoms with Crippen LogP contribution in [0.15, 0.2) is 18.2 Å². The van der Waals surface area contributed by atoms with Crippen LogP contribution in [0.4, 0.5) is 0 Å². The summed E-state index contributed by atoms with van der Waals surface area (Å²) in [5.74, 6) is 0.262. The molecule has 1 amide bonds. The van der Waals surface area contributed by atoms with Crippen molar-refractivity contribution in [2.45, 2.75) is 26.7 Å². The lowest BCUT2D eigenvalue weighted by Gasteiger charge is -2.31. The van der Waals surface area contributed by atoms with Gasteiger partial charge in [0.15, 0.2) is 0 Å². The van der Waals surface area contributed by atoms with E-state index in [-0.39, 0.29) is 18.4 Å². The number of carbonyl (C=O) groups is 1. The van der Waals surface area contributed by atoms with Gasteiger partial charge in [0.05, 0.1) is 0 Å². The van der Waals surface area contributed by atoms with Gasteiger partial charge in [0.1, 0.15) is 5.69 Å². The lowest BCUT2D eigenvalue weighted by molar-refractivity contribution is 0.0616. The summed E-state index contributed by atoms with van der Waals surface area (Å²) in [5.41, 5.74) is 4.05. The second-order valence-electron chi connectivity index (χ2n) is 6.17. The average molecular weight is 286 g/mol. The van der Waals surface area contributed by atoms with Crippen molar-refractivity contribution >= 4 is 16.8 Å². The highest BCUT2D eigenvalue weighted by atomic mass is 16.3. The molecule has 0 saturated carbocycles. The maximum Gasteiger partial charge on any atom is 0.270 e. The van der Waals surface area contributed by atoms with E-state index in [9.17, 15) is 9.90 Å². The number of aliphatic hydroxyl groups is 1. The van der Waals surface area contributed by atoms with Gasteiger partial charge in [-0.25, -0.2) is 0 Å². The Morgan fingerprint density at radius 3 is 2.95 bits per heavy atom. The van der Waals surface area contributed by atoms with Crippen LogP contribution in [0, 0.1) is 19.8 Å². The van der Waals surface area contributed by atoms with Gasteiger partial charge in [-0.2, -0.15) is 0 Å². The van der Waals surface area contributed by atoms with E-state index in [1.54, 1.807) is 0 Å². The molecular formula is C17H22N2O2. The van der Waals surface area contributed by atoms with Crippen molar-refractivity contribution in [1.29, 1.82) is 0 Å². The van der Waals surface area contributed by atoms with Crippen molar-refractivity contribution in [3.8, 4) is 0 Å². The quantitative estimate of drug-likeness (QED) is 0.891. The molecule has 1 fully saturated rings. The average Bonchev–Trinajstić information content (AvgIpc) is 2.90. The van der Waals surface area contributed by atoms with Gasteiger partial charge in [0.25, 0.3) is 5.91 Å². The third-order valence-electron chi connectivity index (χ3n) is 4.38. The topological polar surface area (TPSA) is 56.3 Å². The van der Waals surface area contributed by atoms with Crippen LogP contribution < -0.4 is 0 Å². The first kappa shape index (κ1) is 14.1. The number of H-pyrrole nitrogens is 1. The number of aromatic nitrogens is 1. The molecule has 1 aliphatic rings. The van der Waals surface area contributed by atoms with Gasteiger partial charge in [-0.05, 0) is 55.9 Å². The smallest absolute Gasteiger partial charge is 0.270 e. The molecule has 1 atom stereocenters. The van der Waals surface area contributed by atoms with Crippen molar-refractivity contribution in [3.05, 3.63) is 35.0 Å². The Labute approximate surface area is 124 Å². The van der Waals surface area contributed by atoms with E-state index in [2.05, 4.69) is 31.0 Å². The van der Waals surface area contributed by atoms with Crippen LogP contribution in [0.1, 0.15) is 34.5 Å². The monoisotopic (exact) mass is 286 g/mol. The number of aromatic amines is 1. The Morgan fingerprint density at radius 1 is 1.38 bits per heavy atom. The predicted molar refractivity (Wildman–Crippen MR) is 83.5 cm³/mol. The summed E-state index contributed by atoms with van der Waals surface area (Å²) >= 11 is 0. The van der Waals surface area contributed by atoms with Crippen LogP contribution in [-0.2, 0) is 0 Å². The molecule has 1 saturated heterocycles. The molecule has 2 aromatic rings. The van der Waals surface area contributed by atoms with Crippen molar-refractivity contribution in [1.82, 2.24) is 9.88 Å². The fourth-order valence-corrected chi connectivity index (χ4v) is 3.28. The first-order valence-corrected chi connectivity index (χ1v) is 7.58. The van der Waals surface area contributed by atoms with Gasteiger partial charge < -0.3 is 15.0 Å². The van der Waals surface area contributed by atoms with Crippen LogP contribution in [-0.4, -0.2) is 40.6 Å². The van der Waals surface area contributed by atoms with Crippen molar-refractivity contribution in [3.63, 3.8) is 0 Å². The van der Waals surface area contributed by atoms with Gasteiger partial charge >= 0.3 is 0 Å². The van der Waals surface area contributed by atoms with Crippen molar-refractivity contribution < 1.29 is 9.90 Å². The number of nitrogens with zero attached hydrogens (tertiary/aromatic N) is 1. The maximum absolute atomic E-state index is 12.6. The first-order valence-electron chi connectivity index (χ1n) is 7.58. The Morgan fingerprint density at radius 2 is 2.19 bits per heavy atom. The van der Waals surface area contributed by atoms with E-state index in [0.717, 1.165) is 30.3 Å². The van der Waals surface area contributed by atoms with E-state index in [0.29, 0.717) is 12.2 Å². The Bertz CT molecular complexity index is 675. The molecule has 0 spiro atoms. The number of hydrogen-bond donors (Lipinski definition) is 2. The number of likely N-dealkylation sites (tertiary alicyclic amines) is 1.